The van der Waals surface area contributed by atoms with Crippen molar-refractivity contribution in [2.75, 3.05) is 0 Å². The van der Waals surface area contributed by atoms with Crippen LogP contribution in [0.4, 0.5) is 0 Å². The van der Waals surface area contributed by atoms with Crippen LogP contribution in [0.1, 0.15) is 52.9 Å². The van der Waals surface area contributed by atoms with Crippen molar-refractivity contribution in [3.05, 3.63) is 23.8 Å². The average Bonchev–Trinajstić information content (AvgIpc) is 2.80. The molecule has 0 heterocycles. The topological polar surface area (TPSA) is 54.4 Å². The summed E-state index contributed by atoms with van der Waals surface area (Å²) in [5, 5.41) is 10.8. The summed E-state index contributed by atoms with van der Waals surface area (Å²) in [6.45, 7) is 6.21. The SMILES string of the molecule is CC(=O)[C@@H]1C[C@H](O)[C@H]2[C@@H]3C=CC4=CC(=O)CC[C@]4(C)[C@H]3CC[C@@]21C. The fourth-order valence-electron chi connectivity index (χ4n) is 6.69. The molecule has 0 unspecified atom stereocenters. The van der Waals surface area contributed by atoms with Gasteiger partial charge in [0, 0.05) is 12.3 Å². The molecular formula is C21H28O3. The minimum absolute atomic E-state index is 0.00970. The van der Waals surface area contributed by atoms with Gasteiger partial charge in [0.2, 0.25) is 0 Å². The molecule has 4 rings (SSSR count). The lowest BCUT2D eigenvalue weighted by Crippen LogP contribution is -2.51. The van der Waals surface area contributed by atoms with Crippen molar-refractivity contribution in [1.82, 2.24) is 0 Å². The van der Waals surface area contributed by atoms with Gasteiger partial charge in [0.05, 0.1) is 6.10 Å². The van der Waals surface area contributed by atoms with Crippen LogP contribution in [-0.4, -0.2) is 22.8 Å². The Morgan fingerprint density at radius 1 is 1.29 bits per heavy atom. The van der Waals surface area contributed by atoms with Crippen molar-refractivity contribution >= 4 is 11.6 Å². The Morgan fingerprint density at radius 3 is 2.75 bits per heavy atom. The number of Topliss-reactive ketones (excluding diaryl/α,β-unsaturated/α-hetero) is 1. The van der Waals surface area contributed by atoms with Gasteiger partial charge < -0.3 is 5.11 Å². The Hall–Kier alpha value is -1.22. The van der Waals surface area contributed by atoms with Crippen molar-refractivity contribution in [1.29, 1.82) is 0 Å². The molecule has 0 radical (unpaired) electrons. The second-order valence-electron chi connectivity index (χ2n) is 9.06. The van der Waals surface area contributed by atoms with Gasteiger partial charge in [-0.15, -0.1) is 0 Å². The van der Waals surface area contributed by atoms with Crippen LogP contribution < -0.4 is 0 Å². The fourth-order valence-corrected chi connectivity index (χ4v) is 6.69. The van der Waals surface area contributed by atoms with E-state index in [2.05, 4.69) is 26.0 Å². The van der Waals surface area contributed by atoms with Crippen LogP contribution in [0, 0.1) is 34.5 Å². The van der Waals surface area contributed by atoms with Crippen molar-refractivity contribution in [3.8, 4) is 0 Å². The minimum atomic E-state index is -0.388. The molecule has 7 atom stereocenters. The van der Waals surface area contributed by atoms with E-state index in [1.807, 2.05) is 6.08 Å². The smallest absolute Gasteiger partial charge is 0.156 e. The van der Waals surface area contributed by atoms with Gasteiger partial charge in [-0.2, -0.15) is 0 Å². The van der Waals surface area contributed by atoms with E-state index in [1.54, 1.807) is 6.92 Å². The molecule has 0 aliphatic heterocycles. The third-order valence-corrected chi connectivity index (χ3v) is 8.00. The van der Waals surface area contributed by atoms with E-state index in [0.29, 0.717) is 24.7 Å². The zero-order valence-electron chi connectivity index (χ0n) is 14.9. The summed E-state index contributed by atoms with van der Waals surface area (Å²) in [4.78, 5) is 24.0. The van der Waals surface area contributed by atoms with Gasteiger partial charge in [-0.05, 0) is 72.8 Å². The van der Waals surface area contributed by atoms with E-state index in [1.165, 1.54) is 5.57 Å². The number of rotatable bonds is 1. The highest BCUT2D eigenvalue weighted by Gasteiger charge is 2.61. The van der Waals surface area contributed by atoms with Crippen molar-refractivity contribution in [2.45, 2.75) is 59.0 Å². The second-order valence-corrected chi connectivity index (χ2v) is 9.06. The fraction of sp³-hybridized carbons (Fsp3) is 0.714. The number of hydrogen-bond acceptors (Lipinski definition) is 3. The summed E-state index contributed by atoms with van der Waals surface area (Å²) in [7, 11) is 0. The lowest BCUT2D eigenvalue weighted by atomic mass is 9.48. The Labute approximate surface area is 144 Å². The Balaban J connectivity index is 1.76. The predicted molar refractivity (Wildman–Crippen MR) is 92.2 cm³/mol. The number of aliphatic hydroxyl groups excluding tert-OH is 1. The summed E-state index contributed by atoms with van der Waals surface area (Å²) in [6, 6.07) is 0. The standard InChI is InChI=1S/C21H28O3/c1-12(22)17-11-18(24)19-15-5-4-13-10-14(23)6-8-20(13,2)16(15)7-9-21(17,19)3/h4-5,10,15-19,24H,6-9,11H2,1-3H3/t15-,16+,17+,18+,19-,20+,21-/m1/s1. The molecule has 130 valence electrons. The quantitative estimate of drug-likeness (QED) is 0.802. The summed E-state index contributed by atoms with van der Waals surface area (Å²) >= 11 is 0. The van der Waals surface area contributed by atoms with Gasteiger partial charge in [0.25, 0.3) is 0 Å². The molecule has 0 aromatic carbocycles. The molecule has 0 saturated heterocycles. The molecule has 4 aliphatic carbocycles. The molecule has 2 fully saturated rings. The number of ketones is 2. The first-order valence-corrected chi connectivity index (χ1v) is 9.39. The molecule has 3 heteroatoms. The molecule has 0 aromatic rings. The molecule has 0 aromatic heterocycles. The van der Waals surface area contributed by atoms with Crippen LogP contribution >= 0.6 is 0 Å². The maximum Gasteiger partial charge on any atom is 0.156 e. The van der Waals surface area contributed by atoms with Crippen molar-refractivity contribution < 1.29 is 14.7 Å². The monoisotopic (exact) mass is 328 g/mol. The van der Waals surface area contributed by atoms with Crippen LogP contribution in [0.5, 0.6) is 0 Å². The van der Waals surface area contributed by atoms with E-state index in [9.17, 15) is 14.7 Å². The van der Waals surface area contributed by atoms with Gasteiger partial charge in [-0.1, -0.05) is 26.0 Å². The molecule has 0 spiro atoms. The van der Waals surface area contributed by atoms with Gasteiger partial charge in [-0.3, -0.25) is 9.59 Å². The van der Waals surface area contributed by atoms with Crippen LogP contribution in [-0.2, 0) is 9.59 Å². The summed E-state index contributed by atoms with van der Waals surface area (Å²) < 4.78 is 0. The van der Waals surface area contributed by atoms with E-state index >= 15 is 0 Å². The molecule has 3 nitrogen and oxygen atoms in total. The van der Waals surface area contributed by atoms with Gasteiger partial charge >= 0.3 is 0 Å². The molecule has 2 saturated carbocycles. The average molecular weight is 328 g/mol. The third kappa shape index (κ3) is 2.00. The number of carbonyl (C=O) groups excluding carboxylic acids is 2. The molecule has 24 heavy (non-hydrogen) atoms. The largest absolute Gasteiger partial charge is 0.393 e. The first kappa shape index (κ1) is 16.3. The third-order valence-electron chi connectivity index (χ3n) is 8.00. The first-order chi connectivity index (χ1) is 11.3. The number of allylic oxidation sites excluding steroid dienone is 4. The van der Waals surface area contributed by atoms with Crippen molar-refractivity contribution in [2.24, 2.45) is 34.5 Å². The highest BCUT2D eigenvalue weighted by atomic mass is 16.3. The lowest BCUT2D eigenvalue weighted by Gasteiger charge is -2.56. The van der Waals surface area contributed by atoms with Gasteiger partial charge in [-0.25, -0.2) is 0 Å². The summed E-state index contributed by atoms with van der Waals surface area (Å²) in [5.74, 6) is 1.41. The maximum atomic E-state index is 12.2. The Bertz CT molecular complexity index is 660. The highest BCUT2D eigenvalue weighted by molar-refractivity contribution is 5.92. The number of fused-ring (bicyclic) bond motifs is 5. The molecular weight excluding hydrogens is 300 g/mol. The predicted octanol–water partition coefficient (Wildman–Crippen LogP) is 3.47. The summed E-state index contributed by atoms with van der Waals surface area (Å²) in [6.07, 6.45) is 10.1. The number of carbonyl (C=O) groups is 2. The first-order valence-electron chi connectivity index (χ1n) is 9.39. The molecule has 4 aliphatic rings. The molecule has 1 N–H and O–H groups in total. The van der Waals surface area contributed by atoms with Crippen LogP contribution in [0.15, 0.2) is 23.8 Å². The number of aliphatic hydroxyl groups is 1. The summed E-state index contributed by atoms with van der Waals surface area (Å²) in [5.41, 5.74) is 1.14. The van der Waals surface area contributed by atoms with Gasteiger partial charge in [0.1, 0.15) is 5.78 Å². The van der Waals surface area contributed by atoms with Crippen LogP contribution in [0.2, 0.25) is 0 Å². The molecule has 0 amide bonds. The number of hydrogen-bond donors (Lipinski definition) is 1. The van der Waals surface area contributed by atoms with Crippen molar-refractivity contribution in [3.63, 3.8) is 0 Å². The normalized spacial score (nSPS) is 49.9. The Morgan fingerprint density at radius 2 is 2.04 bits per heavy atom. The van der Waals surface area contributed by atoms with E-state index in [-0.39, 0.29) is 40.3 Å². The highest BCUT2D eigenvalue weighted by Crippen LogP contribution is 2.65. The Kier molecular flexibility index (Phi) is 3.48. The zero-order valence-corrected chi connectivity index (χ0v) is 14.9. The zero-order chi connectivity index (χ0) is 17.3. The lowest BCUT2D eigenvalue weighted by molar-refractivity contribution is -0.127. The maximum absolute atomic E-state index is 12.2. The van der Waals surface area contributed by atoms with Crippen LogP contribution in [0.25, 0.3) is 0 Å². The van der Waals surface area contributed by atoms with E-state index in [0.717, 1.165) is 19.3 Å². The minimum Gasteiger partial charge on any atom is -0.393 e. The van der Waals surface area contributed by atoms with Crippen LogP contribution in [0.3, 0.4) is 0 Å². The molecule has 0 bridgehead atoms. The second kappa shape index (κ2) is 5.14. The van der Waals surface area contributed by atoms with E-state index in [4.69, 9.17) is 0 Å². The van der Waals surface area contributed by atoms with Gasteiger partial charge in [0.15, 0.2) is 5.78 Å². The van der Waals surface area contributed by atoms with E-state index < -0.39 is 0 Å².